The molecule has 34 heavy (non-hydrogen) atoms. The van der Waals surface area contributed by atoms with Gasteiger partial charge in [-0.25, -0.2) is 0 Å². The van der Waals surface area contributed by atoms with E-state index in [4.69, 9.17) is 42.1 Å². The summed E-state index contributed by atoms with van der Waals surface area (Å²) < 4.78 is 21.8. The zero-order valence-electron chi connectivity index (χ0n) is 20.0. The highest BCUT2D eigenvalue weighted by Crippen LogP contribution is 2.38. The molecule has 0 fully saturated rings. The molecule has 0 bridgehead atoms. The molecule has 0 aliphatic heterocycles. The standard InChI is InChI=1S/C25H33Cl2NO6/c1-25(2,3)34-23(30)14-21(28-22(15-29)17-8-6-5-7-9-17)19-12-18(26)13-20(27)24(19)33-16-32-11-10-31-4/h5-9,12-13,21-22,28-29H,10-11,14-16H2,1-4H3. The van der Waals surface area contributed by atoms with E-state index in [0.29, 0.717) is 29.5 Å². The Balaban J connectivity index is 2.39. The van der Waals surface area contributed by atoms with Crippen LogP contribution in [0, 0.1) is 0 Å². The minimum atomic E-state index is -0.655. The maximum absolute atomic E-state index is 12.8. The average Bonchev–Trinajstić information content (AvgIpc) is 2.76. The molecular weight excluding hydrogens is 481 g/mol. The van der Waals surface area contributed by atoms with Crippen LogP contribution in [0.1, 0.15) is 50.4 Å². The smallest absolute Gasteiger partial charge is 0.308 e. The summed E-state index contributed by atoms with van der Waals surface area (Å²) >= 11 is 12.8. The number of esters is 1. The molecule has 7 nitrogen and oxygen atoms in total. The summed E-state index contributed by atoms with van der Waals surface area (Å²) in [6.45, 7) is 5.90. The van der Waals surface area contributed by atoms with Crippen LogP contribution in [0.15, 0.2) is 42.5 Å². The first kappa shape index (κ1) is 28.4. The third-order valence-corrected chi connectivity index (χ3v) is 5.21. The molecule has 2 N–H and O–H groups in total. The van der Waals surface area contributed by atoms with Crippen molar-refractivity contribution in [2.75, 3.05) is 33.7 Å². The van der Waals surface area contributed by atoms with E-state index in [-0.39, 0.29) is 24.8 Å². The van der Waals surface area contributed by atoms with Crippen molar-refractivity contribution < 1.29 is 28.8 Å². The fourth-order valence-corrected chi connectivity index (χ4v) is 3.85. The minimum Gasteiger partial charge on any atom is -0.466 e. The van der Waals surface area contributed by atoms with Crippen LogP contribution in [0.5, 0.6) is 5.75 Å². The average molecular weight is 514 g/mol. The van der Waals surface area contributed by atoms with E-state index in [2.05, 4.69) is 5.32 Å². The second kappa shape index (κ2) is 13.9. The molecule has 0 heterocycles. The second-order valence-electron chi connectivity index (χ2n) is 8.62. The van der Waals surface area contributed by atoms with Crippen LogP contribution < -0.4 is 10.1 Å². The lowest BCUT2D eigenvalue weighted by Gasteiger charge is -2.28. The van der Waals surface area contributed by atoms with Crippen LogP contribution in [0.3, 0.4) is 0 Å². The van der Waals surface area contributed by atoms with Crippen molar-refractivity contribution in [3.05, 3.63) is 63.6 Å². The number of halogens is 2. The van der Waals surface area contributed by atoms with Crippen molar-refractivity contribution in [3.8, 4) is 5.75 Å². The Morgan fingerprint density at radius 3 is 2.41 bits per heavy atom. The zero-order chi connectivity index (χ0) is 25.1. The summed E-state index contributed by atoms with van der Waals surface area (Å²) in [5, 5.41) is 14.1. The molecule has 0 aliphatic carbocycles. The molecule has 0 saturated heterocycles. The second-order valence-corrected chi connectivity index (χ2v) is 9.47. The van der Waals surface area contributed by atoms with E-state index in [1.165, 1.54) is 0 Å². The van der Waals surface area contributed by atoms with Gasteiger partial charge < -0.3 is 29.4 Å². The van der Waals surface area contributed by atoms with Gasteiger partial charge in [0, 0.05) is 23.7 Å². The first-order valence-electron chi connectivity index (χ1n) is 11.0. The molecule has 9 heteroatoms. The van der Waals surface area contributed by atoms with E-state index >= 15 is 0 Å². The van der Waals surface area contributed by atoms with Crippen molar-refractivity contribution >= 4 is 29.2 Å². The Bertz CT molecular complexity index is 904. The van der Waals surface area contributed by atoms with Gasteiger partial charge in [-0.15, -0.1) is 0 Å². The number of hydrogen-bond acceptors (Lipinski definition) is 7. The summed E-state index contributed by atoms with van der Waals surface area (Å²) in [6, 6.07) is 11.6. The molecule has 2 aromatic rings. The summed E-state index contributed by atoms with van der Waals surface area (Å²) in [5.74, 6) is -0.0950. The lowest BCUT2D eigenvalue weighted by atomic mass is 9.99. The lowest BCUT2D eigenvalue weighted by Crippen LogP contribution is -2.33. The van der Waals surface area contributed by atoms with Crippen molar-refractivity contribution in [1.29, 1.82) is 0 Å². The fourth-order valence-electron chi connectivity index (χ4n) is 3.28. The fraction of sp³-hybridized carbons (Fsp3) is 0.480. The zero-order valence-corrected chi connectivity index (χ0v) is 21.5. The first-order valence-corrected chi connectivity index (χ1v) is 11.7. The molecule has 0 spiro atoms. The highest BCUT2D eigenvalue weighted by atomic mass is 35.5. The Morgan fingerprint density at radius 2 is 1.79 bits per heavy atom. The first-order chi connectivity index (χ1) is 16.1. The maximum Gasteiger partial charge on any atom is 0.308 e. The van der Waals surface area contributed by atoms with Crippen molar-refractivity contribution in [1.82, 2.24) is 5.32 Å². The van der Waals surface area contributed by atoms with Crippen LogP contribution in [-0.4, -0.2) is 50.4 Å². The topological polar surface area (TPSA) is 86.3 Å². The number of carbonyl (C=O) groups is 1. The van der Waals surface area contributed by atoms with Gasteiger partial charge in [0.25, 0.3) is 0 Å². The van der Waals surface area contributed by atoms with Crippen LogP contribution in [-0.2, 0) is 19.0 Å². The quantitative estimate of drug-likeness (QED) is 0.219. The number of hydrogen-bond donors (Lipinski definition) is 2. The van der Waals surface area contributed by atoms with Gasteiger partial charge in [-0.1, -0.05) is 53.5 Å². The molecule has 0 saturated carbocycles. The van der Waals surface area contributed by atoms with E-state index in [1.807, 2.05) is 30.3 Å². The predicted molar refractivity (Wildman–Crippen MR) is 132 cm³/mol. The molecule has 0 amide bonds. The summed E-state index contributed by atoms with van der Waals surface area (Å²) in [6.07, 6.45) is -0.0435. The normalized spacial score (nSPS) is 13.4. The third-order valence-electron chi connectivity index (χ3n) is 4.71. The Labute approximate surface area is 211 Å². The Morgan fingerprint density at radius 1 is 1.09 bits per heavy atom. The largest absolute Gasteiger partial charge is 0.466 e. The van der Waals surface area contributed by atoms with Gasteiger partial charge >= 0.3 is 5.97 Å². The van der Waals surface area contributed by atoms with Crippen LogP contribution in [0.4, 0.5) is 0 Å². The number of benzene rings is 2. The number of rotatable bonds is 13. The van der Waals surface area contributed by atoms with Crippen molar-refractivity contribution in [2.24, 2.45) is 0 Å². The van der Waals surface area contributed by atoms with Crippen LogP contribution >= 0.6 is 23.2 Å². The van der Waals surface area contributed by atoms with Gasteiger partial charge in [0.15, 0.2) is 6.79 Å². The van der Waals surface area contributed by atoms with E-state index in [9.17, 15) is 9.90 Å². The van der Waals surface area contributed by atoms with E-state index in [1.54, 1.807) is 40.0 Å². The highest BCUT2D eigenvalue weighted by Gasteiger charge is 2.28. The molecular formula is C25H33Cl2NO6. The van der Waals surface area contributed by atoms with Gasteiger partial charge in [-0.3, -0.25) is 4.79 Å². The van der Waals surface area contributed by atoms with Crippen molar-refractivity contribution in [3.63, 3.8) is 0 Å². The molecule has 188 valence electrons. The molecule has 0 radical (unpaired) electrons. The number of nitrogens with one attached hydrogen (secondary N) is 1. The predicted octanol–water partition coefficient (Wildman–Crippen LogP) is 5.09. The van der Waals surface area contributed by atoms with Gasteiger partial charge in [-0.05, 0) is 38.5 Å². The van der Waals surface area contributed by atoms with Gasteiger partial charge in [-0.2, -0.15) is 0 Å². The molecule has 2 aromatic carbocycles. The molecule has 0 aliphatic rings. The lowest BCUT2D eigenvalue weighted by molar-refractivity contribution is -0.155. The van der Waals surface area contributed by atoms with Crippen LogP contribution in [0.25, 0.3) is 0 Å². The number of aliphatic hydroxyl groups is 1. The maximum atomic E-state index is 12.8. The Kier molecular flexibility index (Phi) is 11.6. The number of ether oxygens (including phenoxy) is 4. The van der Waals surface area contributed by atoms with E-state index in [0.717, 1.165) is 5.56 Å². The monoisotopic (exact) mass is 513 g/mol. The summed E-state index contributed by atoms with van der Waals surface area (Å²) in [4.78, 5) is 12.8. The van der Waals surface area contributed by atoms with Crippen LogP contribution in [0.2, 0.25) is 10.0 Å². The van der Waals surface area contributed by atoms with Gasteiger partial charge in [0.2, 0.25) is 0 Å². The molecule has 2 unspecified atom stereocenters. The van der Waals surface area contributed by atoms with Crippen molar-refractivity contribution in [2.45, 2.75) is 44.9 Å². The molecule has 2 atom stereocenters. The summed E-state index contributed by atoms with van der Waals surface area (Å²) in [7, 11) is 1.58. The highest BCUT2D eigenvalue weighted by molar-refractivity contribution is 6.35. The number of carbonyl (C=O) groups excluding carboxylic acids is 1. The third kappa shape index (κ3) is 9.41. The van der Waals surface area contributed by atoms with Gasteiger partial charge in [0.05, 0.1) is 37.3 Å². The number of methoxy groups -OCH3 is 1. The van der Waals surface area contributed by atoms with Gasteiger partial charge in [0.1, 0.15) is 11.4 Å². The molecule has 2 rings (SSSR count). The summed E-state index contributed by atoms with van der Waals surface area (Å²) in [5.41, 5.74) is 0.753. The number of aliphatic hydroxyl groups excluding tert-OH is 1. The Hall–Kier alpha value is -1.87. The SMILES string of the molecule is COCCOCOc1c(Cl)cc(Cl)cc1C(CC(=O)OC(C)(C)C)NC(CO)c1ccccc1. The minimum absolute atomic E-state index is 0.0435. The van der Waals surface area contributed by atoms with E-state index < -0.39 is 23.7 Å². The molecule has 0 aromatic heterocycles.